The van der Waals surface area contributed by atoms with Gasteiger partial charge in [-0.05, 0) is 37.9 Å². The maximum Gasteiger partial charge on any atom is 0.231 e. The molecule has 1 aliphatic rings. The zero-order valence-corrected chi connectivity index (χ0v) is 12.4. The van der Waals surface area contributed by atoms with Crippen molar-refractivity contribution in [1.29, 1.82) is 0 Å². The Labute approximate surface area is 123 Å². The number of hydrogen-bond acceptors (Lipinski definition) is 4. The van der Waals surface area contributed by atoms with Crippen LogP contribution in [0, 0.1) is 12.7 Å². The van der Waals surface area contributed by atoms with Gasteiger partial charge in [0.15, 0.2) is 0 Å². The molecule has 2 aromatic rings. The van der Waals surface area contributed by atoms with Crippen molar-refractivity contribution < 1.29 is 8.91 Å². The van der Waals surface area contributed by atoms with Gasteiger partial charge in [0.25, 0.3) is 0 Å². The Morgan fingerprint density at radius 2 is 2.24 bits per heavy atom. The first-order valence-corrected chi connectivity index (χ1v) is 7.52. The molecule has 0 saturated heterocycles. The first-order chi connectivity index (χ1) is 10.2. The molecule has 0 aliphatic heterocycles. The van der Waals surface area contributed by atoms with E-state index < -0.39 is 0 Å². The van der Waals surface area contributed by atoms with E-state index in [1.807, 2.05) is 6.07 Å². The van der Waals surface area contributed by atoms with Gasteiger partial charge in [-0.25, -0.2) is 4.39 Å². The average molecular weight is 289 g/mol. The molecule has 1 saturated carbocycles. The summed E-state index contributed by atoms with van der Waals surface area (Å²) in [6, 6.07) is 5.42. The summed E-state index contributed by atoms with van der Waals surface area (Å²) in [4.78, 5) is 4.48. The molecule has 1 aromatic heterocycles. The molecule has 4 nitrogen and oxygen atoms in total. The van der Waals surface area contributed by atoms with Crippen LogP contribution in [-0.2, 0) is 0 Å². The van der Waals surface area contributed by atoms with Gasteiger partial charge in [0.2, 0.25) is 11.7 Å². The highest BCUT2D eigenvalue weighted by Gasteiger charge is 2.32. The van der Waals surface area contributed by atoms with Crippen molar-refractivity contribution in [2.24, 2.45) is 0 Å². The van der Waals surface area contributed by atoms with Crippen LogP contribution in [-0.4, -0.2) is 22.7 Å². The molecule has 1 heterocycles. The van der Waals surface area contributed by atoms with Gasteiger partial charge in [-0.1, -0.05) is 30.6 Å². The molecule has 1 aliphatic carbocycles. The molecule has 21 heavy (non-hydrogen) atoms. The minimum Gasteiger partial charge on any atom is -0.339 e. The van der Waals surface area contributed by atoms with Gasteiger partial charge in [0.05, 0.1) is 5.92 Å². The molecular formula is C16H20FN3O. The van der Waals surface area contributed by atoms with Crippen LogP contribution >= 0.6 is 0 Å². The predicted octanol–water partition coefficient (Wildman–Crippen LogP) is 3.43. The smallest absolute Gasteiger partial charge is 0.231 e. The van der Waals surface area contributed by atoms with E-state index in [-0.39, 0.29) is 11.7 Å². The van der Waals surface area contributed by atoms with E-state index in [4.69, 9.17) is 4.52 Å². The van der Waals surface area contributed by atoms with E-state index in [0.29, 0.717) is 28.9 Å². The number of halogens is 1. The Balaban J connectivity index is 1.84. The highest BCUT2D eigenvalue weighted by molar-refractivity contribution is 5.55. The Morgan fingerprint density at radius 1 is 1.38 bits per heavy atom. The predicted molar refractivity (Wildman–Crippen MR) is 78.5 cm³/mol. The van der Waals surface area contributed by atoms with E-state index in [9.17, 15) is 4.39 Å². The molecule has 1 N–H and O–H groups in total. The van der Waals surface area contributed by atoms with Crippen molar-refractivity contribution in [3.8, 4) is 11.4 Å². The van der Waals surface area contributed by atoms with Gasteiger partial charge in [0.1, 0.15) is 5.82 Å². The highest BCUT2D eigenvalue weighted by Crippen LogP contribution is 2.34. The van der Waals surface area contributed by atoms with Crippen LogP contribution in [0.5, 0.6) is 0 Å². The second kappa shape index (κ2) is 5.93. The van der Waals surface area contributed by atoms with E-state index in [2.05, 4.69) is 22.4 Å². The maximum atomic E-state index is 13.6. The minimum absolute atomic E-state index is 0.245. The van der Waals surface area contributed by atoms with Gasteiger partial charge < -0.3 is 9.84 Å². The van der Waals surface area contributed by atoms with Gasteiger partial charge in [-0.2, -0.15) is 4.98 Å². The Hall–Kier alpha value is -1.75. The van der Waals surface area contributed by atoms with Crippen LogP contribution in [0.15, 0.2) is 22.7 Å². The first-order valence-electron chi connectivity index (χ1n) is 7.52. The summed E-state index contributed by atoms with van der Waals surface area (Å²) in [7, 11) is 0. The zero-order chi connectivity index (χ0) is 14.8. The lowest BCUT2D eigenvalue weighted by Crippen LogP contribution is -2.31. The number of benzene rings is 1. The molecule has 0 amide bonds. The molecular weight excluding hydrogens is 269 g/mol. The van der Waals surface area contributed by atoms with Crippen LogP contribution in [0.2, 0.25) is 0 Å². The summed E-state index contributed by atoms with van der Waals surface area (Å²) in [6.45, 7) is 4.77. The van der Waals surface area contributed by atoms with E-state index >= 15 is 0 Å². The summed E-state index contributed by atoms with van der Waals surface area (Å²) < 4.78 is 19.1. The Bertz CT molecular complexity index is 626. The topological polar surface area (TPSA) is 51.0 Å². The van der Waals surface area contributed by atoms with Crippen molar-refractivity contribution in [3.63, 3.8) is 0 Å². The number of nitrogens with one attached hydrogen (secondary N) is 1. The normalized spacial score (nSPS) is 21.9. The third-order valence-corrected chi connectivity index (χ3v) is 4.17. The van der Waals surface area contributed by atoms with Crippen LogP contribution in [0.25, 0.3) is 11.4 Å². The number of aromatic nitrogens is 2. The number of aryl methyl sites for hydroxylation is 1. The fraction of sp³-hybridized carbons (Fsp3) is 0.500. The monoisotopic (exact) mass is 289 g/mol. The van der Waals surface area contributed by atoms with Crippen molar-refractivity contribution in [3.05, 3.63) is 35.5 Å². The molecule has 0 spiro atoms. The summed E-state index contributed by atoms with van der Waals surface area (Å²) in [6.07, 6.45) is 3.36. The molecule has 1 fully saturated rings. The quantitative estimate of drug-likeness (QED) is 0.937. The zero-order valence-electron chi connectivity index (χ0n) is 12.4. The molecule has 2 unspecified atom stereocenters. The second-order valence-electron chi connectivity index (χ2n) is 5.62. The van der Waals surface area contributed by atoms with Gasteiger partial charge in [-0.15, -0.1) is 0 Å². The summed E-state index contributed by atoms with van der Waals surface area (Å²) in [5.74, 6) is 1.15. The molecule has 0 bridgehead atoms. The van der Waals surface area contributed by atoms with Gasteiger partial charge >= 0.3 is 0 Å². The lowest BCUT2D eigenvalue weighted by Gasteiger charge is -2.16. The number of likely N-dealkylation sites (N-methyl/N-ethyl adjacent to an activating group) is 1. The largest absolute Gasteiger partial charge is 0.339 e. The molecule has 0 radical (unpaired) electrons. The lowest BCUT2D eigenvalue weighted by atomic mass is 10.0. The van der Waals surface area contributed by atoms with Crippen LogP contribution in [0.3, 0.4) is 0 Å². The van der Waals surface area contributed by atoms with E-state index in [1.165, 1.54) is 12.5 Å². The molecule has 5 heteroatoms. The van der Waals surface area contributed by atoms with Crippen molar-refractivity contribution in [2.45, 2.75) is 45.1 Å². The molecule has 3 rings (SSSR count). The summed E-state index contributed by atoms with van der Waals surface area (Å²) in [5.41, 5.74) is 1.27. The van der Waals surface area contributed by atoms with E-state index in [0.717, 1.165) is 19.4 Å². The van der Waals surface area contributed by atoms with E-state index in [1.54, 1.807) is 13.0 Å². The molecule has 112 valence electrons. The van der Waals surface area contributed by atoms with Gasteiger partial charge in [-0.3, -0.25) is 0 Å². The molecule has 1 aromatic carbocycles. The van der Waals surface area contributed by atoms with Gasteiger partial charge in [0, 0.05) is 11.6 Å². The highest BCUT2D eigenvalue weighted by atomic mass is 19.1. The lowest BCUT2D eigenvalue weighted by molar-refractivity contribution is 0.332. The maximum absolute atomic E-state index is 13.6. The van der Waals surface area contributed by atoms with Crippen molar-refractivity contribution in [2.75, 3.05) is 6.54 Å². The fourth-order valence-electron chi connectivity index (χ4n) is 3.00. The van der Waals surface area contributed by atoms with Crippen LogP contribution < -0.4 is 5.32 Å². The number of hydrogen-bond donors (Lipinski definition) is 1. The fourth-order valence-corrected chi connectivity index (χ4v) is 3.00. The second-order valence-corrected chi connectivity index (χ2v) is 5.62. The number of nitrogens with zero attached hydrogens (tertiary/aromatic N) is 2. The minimum atomic E-state index is -0.245. The first kappa shape index (κ1) is 14.2. The third kappa shape index (κ3) is 2.83. The Morgan fingerprint density at radius 3 is 3.00 bits per heavy atom. The standard InChI is InChI=1S/C16H20FN3O/c1-3-18-14-6-4-5-12(14)16-19-15(20-21-16)11-8-7-10(2)13(17)9-11/h7-9,12,14,18H,3-6H2,1-2H3. The molecule has 2 atom stereocenters. The van der Waals surface area contributed by atoms with Crippen molar-refractivity contribution >= 4 is 0 Å². The SMILES string of the molecule is CCNC1CCCC1c1nc(-c2ccc(C)c(F)c2)no1. The van der Waals surface area contributed by atoms with Crippen LogP contribution in [0.1, 0.15) is 43.6 Å². The van der Waals surface area contributed by atoms with Crippen molar-refractivity contribution in [1.82, 2.24) is 15.5 Å². The summed E-state index contributed by atoms with van der Waals surface area (Å²) >= 11 is 0. The Kier molecular flexibility index (Phi) is 4.01. The third-order valence-electron chi connectivity index (χ3n) is 4.17. The van der Waals surface area contributed by atoms with Crippen LogP contribution in [0.4, 0.5) is 4.39 Å². The number of rotatable bonds is 4. The summed E-state index contributed by atoms with van der Waals surface area (Å²) in [5, 5.41) is 7.49. The average Bonchev–Trinajstić information content (AvgIpc) is 3.10.